The van der Waals surface area contributed by atoms with Crippen LogP contribution < -0.4 is 5.73 Å². The highest BCUT2D eigenvalue weighted by molar-refractivity contribution is 5.74. The smallest absolute Gasteiger partial charge is 0.126 e. The van der Waals surface area contributed by atoms with Gasteiger partial charge in [0.25, 0.3) is 0 Å². The fourth-order valence-electron chi connectivity index (χ4n) is 1.68. The van der Waals surface area contributed by atoms with Gasteiger partial charge in [-0.25, -0.2) is 4.98 Å². The van der Waals surface area contributed by atoms with Gasteiger partial charge >= 0.3 is 0 Å². The fraction of sp³-hybridized carbons (Fsp3) is 0.400. The van der Waals surface area contributed by atoms with Crippen LogP contribution in [-0.2, 0) is 6.54 Å². The number of aryl methyl sites for hydroxylation is 1. The summed E-state index contributed by atoms with van der Waals surface area (Å²) in [5.41, 5.74) is 7.87. The minimum absolute atomic E-state index is 0.0395. The maximum Gasteiger partial charge on any atom is 0.126 e. The molecule has 0 aliphatic rings. The molecular formula is C10H14N4. The van der Waals surface area contributed by atoms with Crippen molar-refractivity contribution in [2.75, 3.05) is 0 Å². The molecule has 4 heteroatoms. The second kappa shape index (κ2) is 3.38. The Morgan fingerprint density at radius 3 is 3.00 bits per heavy atom. The lowest BCUT2D eigenvalue weighted by atomic mass is 10.3. The Hall–Kier alpha value is -1.42. The van der Waals surface area contributed by atoms with Crippen LogP contribution in [0.5, 0.6) is 0 Å². The molecule has 2 aromatic heterocycles. The van der Waals surface area contributed by atoms with E-state index in [1.165, 1.54) is 0 Å². The van der Waals surface area contributed by atoms with Crippen LogP contribution in [0.3, 0.4) is 0 Å². The van der Waals surface area contributed by atoms with Crippen molar-refractivity contribution in [3.05, 3.63) is 24.3 Å². The molecule has 14 heavy (non-hydrogen) atoms. The zero-order valence-corrected chi connectivity index (χ0v) is 8.44. The molecule has 74 valence electrons. The normalized spacial score (nSPS) is 13.4. The Labute approximate surface area is 82.8 Å². The minimum atomic E-state index is -0.0395. The Bertz CT molecular complexity index is 444. The number of hydrogen-bond acceptors (Lipinski definition) is 3. The molecular weight excluding hydrogens is 176 g/mol. The van der Waals surface area contributed by atoms with E-state index in [1.54, 1.807) is 12.4 Å². The lowest BCUT2D eigenvalue weighted by molar-refractivity contribution is 0.650. The standard InChI is InChI=1S/C10H14N4/c1-3-14-9-4-5-12-6-8(9)13-10(14)7(2)11/h4-7H,3,11H2,1-2H3. The van der Waals surface area contributed by atoms with E-state index in [9.17, 15) is 0 Å². The molecule has 0 saturated heterocycles. The van der Waals surface area contributed by atoms with Gasteiger partial charge < -0.3 is 10.3 Å². The third kappa shape index (κ3) is 1.28. The van der Waals surface area contributed by atoms with Crippen LogP contribution in [0.25, 0.3) is 11.0 Å². The molecule has 0 aliphatic heterocycles. The Balaban J connectivity index is 2.72. The third-order valence-corrected chi connectivity index (χ3v) is 2.30. The zero-order valence-electron chi connectivity index (χ0n) is 8.44. The number of nitrogens with two attached hydrogens (primary N) is 1. The number of imidazole rings is 1. The summed E-state index contributed by atoms with van der Waals surface area (Å²) in [7, 11) is 0. The summed E-state index contributed by atoms with van der Waals surface area (Å²) in [6.45, 7) is 4.92. The summed E-state index contributed by atoms with van der Waals surface area (Å²) < 4.78 is 2.13. The molecule has 0 fully saturated rings. The fourth-order valence-corrected chi connectivity index (χ4v) is 1.68. The van der Waals surface area contributed by atoms with Crippen molar-refractivity contribution in [3.8, 4) is 0 Å². The SMILES string of the molecule is CCn1c(C(C)N)nc2cnccc21. The van der Waals surface area contributed by atoms with Crippen molar-refractivity contribution in [1.29, 1.82) is 0 Å². The van der Waals surface area contributed by atoms with Crippen LogP contribution >= 0.6 is 0 Å². The van der Waals surface area contributed by atoms with Gasteiger partial charge in [0.1, 0.15) is 11.3 Å². The summed E-state index contributed by atoms with van der Waals surface area (Å²) in [4.78, 5) is 8.50. The van der Waals surface area contributed by atoms with Gasteiger partial charge in [-0.2, -0.15) is 0 Å². The molecule has 0 saturated carbocycles. The summed E-state index contributed by atoms with van der Waals surface area (Å²) >= 11 is 0. The van der Waals surface area contributed by atoms with E-state index < -0.39 is 0 Å². The number of rotatable bonds is 2. The van der Waals surface area contributed by atoms with Crippen molar-refractivity contribution in [1.82, 2.24) is 14.5 Å². The minimum Gasteiger partial charge on any atom is -0.327 e. The predicted octanol–water partition coefficient (Wildman–Crippen LogP) is 1.47. The molecule has 2 heterocycles. The molecule has 1 unspecified atom stereocenters. The van der Waals surface area contributed by atoms with Crippen LogP contribution in [0.15, 0.2) is 18.5 Å². The Morgan fingerprint density at radius 2 is 2.36 bits per heavy atom. The topological polar surface area (TPSA) is 56.7 Å². The van der Waals surface area contributed by atoms with Crippen molar-refractivity contribution >= 4 is 11.0 Å². The van der Waals surface area contributed by atoms with E-state index in [0.717, 1.165) is 23.4 Å². The summed E-state index contributed by atoms with van der Waals surface area (Å²) in [6, 6.07) is 1.93. The first-order valence-electron chi connectivity index (χ1n) is 4.79. The highest BCUT2D eigenvalue weighted by Gasteiger charge is 2.11. The van der Waals surface area contributed by atoms with Gasteiger partial charge in [0, 0.05) is 12.7 Å². The maximum absolute atomic E-state index is 5.85. The predicted molar refractivity (Wildman–Crippen MR) is 55.8 cm³/mol. The van der Waals surface area contributed by atoms with Gasteiger partial charge in [0.05, 0.1) is 17.8 Å². The number of nitrogens with zero attached hydrogens (tertiary/aromatic N) is 3. The van der Waals surface area contributed by atoms with E-state index in [-0.39, 0.29) is 6.04 Å². The Morgan fingerprint density at radius 1 is 1.57 bits per heavy atom. The van der Waals surface area contributed by atoms with Gasteiger partial charge in [0.2, 0.25) is 0 Å². The summed E-state index contributed by atoms with van der Waals surface area (Å²) in [5.74, 6) is 0.926. The second-order valence-corrected chi connectivity index (χ2v) is 3.37. The summed E-state index contributed by atoms with van der Waals surface area (Å²) in [6.07, 6.45) is 3.55. The third-order valence-electron chi connectivity index (χ3n) is 2.30. The first-order valence-corrected chi connectivity index (χ1v) is 4.79. The highest BCUT2D eigenvalue weighted by atomic mass is 15.1. The van der Waals surface area contributed by atoms with Crippen molar-refractivity contribution in [3.63, 3.8) is 0 Å². The highest BCUT2D eigenvalue weighted by Crippen LogP contribution is 2.18. The van der Waals surface area contributed by atoms with Crippen molar-refractivity contribution in [2.45, 2.75) is 26.4 Å². The van der Waals surface area contributed by atoms with Crippen LogP contribution in [-0.4, -0.2) is 14.5 Å². The van der Waals surface area contributed by atoms with Gasteiger partial charge in [-0.1, -0.05) is 0 Å². The Kier molecular flexibility index (Phi) is 2.21. The molecule has 2 aromatic rings. The van der Waals surface area contributed by atoms with E-state index >= 15 is 0 Å². The average molecular weight is 190 g/mol. The van der Waals surface area contributed by atoms with Gasteiger partial charge in [-0.15, -0.1) is 0 Å². The molecule has 0 aliphatic carbocycles. The van der Waals surface area contributed by atoms with E-state index in [4.69, 9.17) is 5.73 Å². The van der Waals surface area contributed by atoms with Gasteiger partial charge in [-0.05, 0) is 19.9 Å². The van der Waals surface area contributed by atoms with E-state index in [0.29, 0.717) is 0 Å². The van der Waals surface area contributed by atoms with Gasteiger partial charge in [-0.3, -0.25) is 4.98 Å². The molecule has 0 spiro atoms. The van der Waals surface area contributed by atoms with Crippen LogP contribution in [0.1, 0.15) is 25.7 Å². The molecule has 4 nitrogen and oxygen atoms in total. The largest absolute Gasteiger partial charge is 0.327 e. The van der Waals surface area contributed by atoms with Crippen LogP contribution in [0, 0.1) is 0 Å². The first kappa shape index (κ1) is 9.15. The van der Waals surface area contributed by atoms with E-state index in [1.807, 2.05) is 13.0 Å². The molecule has 0 bridgehead atoms. The molecule has 0 amide bonds. The number of hydrogen-bond donors (Lipinski definition) is 1. The van der Waals surface area contributed by atoms with Crippen molar-refractivity contribution < 1.29 is 0 Å². The monoisotopic (exact) mass is 190 g/mol. The molecule has 2 rings (SSSR count). The molecule has 0 aromatic carbocycles. The number of pyridine rings is 1. The van der Waals surface area contributed by atoms with Crippen LogP contribution in [0.4, 0.5) is 0 Å². The average Bonchev–Trinajstić information content (AvgIpc) is 2.56. The second-order valence-electron chi connectivity index (χ2n) is 3.37. The summed E-state index contributed by atoms with van der Waals surface area (Å²) in [5, 5.41) is 0. The van der Waals surface area contributed by atoms with Crippen LogP contribution in [0.2, 0.25) is 0 Å². The van der Waals surface area contributed by atoms with Gasteiger partial charge in [0.15, 0.2) is 0 Å². The quantitative estimate of drug-likeness (QED) is 0.780. The lowest BCUT2D eigenvalue weighted by Gasteiger charge is -2.07. The lowest BCUT2D eigenvalue weighted by Crippen LogP contribution is -2.12. The van der Waals surface area contributed by atoms with Crippen molar-refractivity contribution in [2.24, 2.45) is 5.73 Å². The molecule has 0 radical (unpaired) electrons. The maximum atomic E-state index is 5.85. The molecule has 1 atom stereocenters. The molecule has 2 N–H and O–H groups in total. The number of aromatic nitrogens is 3. The van der Waals surface area contributed by atoms with E-state index in [2.05, 4.69) is 21.5 Å². The number of fused-ring (bicyclic) bond motifs is 1. The first-order chi connectivity index (χ1) is 6.74. The zero-order chi connectivity index (χ0) is 10.1.